The summed E-state index contributed by atoms with van der Waals surface area (Å²) in [7, 11) is 0. The van der Waals surface area contributed by atoms with Crippen molar-refractivity contribution in [1.82, 2.24) is 0 Å². The number of Topliss-reactive ketones (excluding diaryl/α,β-unsaturated/α-hetero) is 1. The molecule has 0 aliphatic carbocycles. The molecule has 0 unspecified atom stereocenters. The molecule has 0 saturated carbocycles. The van der Waals surface area contributed by atoms with Crippen molar-refractivity contribution in [2.45, 2.75) is 17.8 Å². The molecule has 0 radical (unpaired) electrons. The minimum absolute atomic E-state index is 0.466. The van der Waals surface area contributed by atoms with Gasteiger partial charge in [0.15, 0.2) is 0 Å². The van der Waals surface area contributed by atoms with Gasteiger partial charge >= 0.3 is 23.7 Å². The Balaban J connectivity index is 2.37. The van der Waals surface area contributed by atoms with Crippen LogP contribution in [-0.2, 0) is 4.79 Å². The largest absolute Gasteiger partial charge is 0.477 e. The Bertz CT molecular complexity index is 816. The number of hydrogen-bond donors (Lipinski definition) is 1. The van der Waals surface area contributed by atoms with Gasteiger partial charge in [0.1, 0.15) is 0 Å². The van der Waals surface area contributed by atoms with Gasteiger partial charge in [0.05, 0.1) is 0 Å². The number of hydrogen-bond acceptors (Lipinski definition) is 2. The molecule has 138 valence electrons. The Labute approximate surface area is 142 Å². The van der Waals surface area contributed by atoms with Gasteiger partial charge in [-0.15, -0.1) is 0 Å². The van der Waals surface area contributed by atoms with Crippen LogP contribution in [0.15, 0.2) is 54.6 Å². The number of carboxylic acid groups (broad SMARTS) is 1. The van der Waals surface area contributed by atoms with E-state index in [-0.39, 0.29) is 0 Å². The highest BCUT2D eigenvalue weighted by Crippen LogP contribution is 2.47. The summed E-state index contributed by atoms with van der Waals surface area (Å²) in [6.45, 7) is 0. The minimum atomic E-state index is -6.42. The zero-order chi connectivity index (χ0) is 19.8. The first kappa shape index (κ1) is 19.5. The quantitative estimate of drug-likeness (QED) is 0.596. The number of aliphatic carboxylic acids is 1. The van der Waals surface area contributed by atoms with Gasteiger partial charge in [0, 0.05) is 5.56 Å². The lowest BCUT2D eigenvalue weighted by Crippen LogP contribution is -2.60. The van der Waals surface area contributed by atoms with Crippen LogP contribution >= 0.6 is 0 Å². The number of halogens is 6. The Hall–Kier alpha value is -2.84. The third kappa shape index (κ3) is 3.04. The summed E-state index contributed by atoms with van der Waals surface area (Å²) in [5, 5.41) is 8.08. The van der Waals surface area contributed by atoms with E-state index in [0.717, 1.165) is 12.1 Å². The second-order valence-electron chi connectivity index (χ2n) is 5.30. The number of ketones is 1. The van der Waals surface area contributed by atoms with E-state index in [1.807, 2.05) is 0 Å². The molecule has 0 heterocycles. The molecule has 9 heteroatoms. The van der Waals surface area contributed by atoms with Crippen LogP contribution in [0.1, 0.15) is 10.4 Å². The molecule has 2 aromatic rings. The molecule has 0 amide bonds. The van der Waals surface area contributed by atoms with Crippen molar-refractivity contribution in [2.24, 2.45) is 0 Å². The van der Waals surface area contributed by atoms with Crippen molar-refractivity contribution in [3.63, 3.8) is 0 Å². The number of benzene rings is 2. The summed E-state index contributed by atoms with van der Waals surface area (Å²) >= 11 is 0. The molecule has 0 atom stereocenters. The molecule has 2 aromatic carbocycles. The second kappa shape index (κ2) is 6.47. The van der Waals surface area contributed by atoms with E-state index in [1.165, 1.54) is 12.1 Å². The lowest BCUT2D eigenvalue weighted by molar-refractivity contribution is -0.285. The SMILES string of the molecule is O=C(O)C(F)(F)C(F)(F)C(F)(F)C(=O)c1ccc(-c2ccccc2)cc1. The number of rotatable bonds is 6. The predicted octanol–water partition coefficient (Wildman–Crippen LogP) is 4.53. The van der Waals surface area contributed by atoms with Crippen LogP contribution < -0.4 is 0 Å². The van der Waals surface area contributed by atoms with Crippen LogP contribution in [0, 0.1) is 0 Å². The molecule has 0 aliphatic heterocycles. The van der Waals surface area contributed by atoms with Gasteiger partial charge in [0.2, 0.25) is 5.78 Å². The van der Waals surface area contributed by atoms with Gasteiger partial charge in [0.25, 0.3) is 0 Å². The highest BCUT2D eigenvalue weighted by Gasteiger charge is 2.78. The van der Waals surface area contributed by atoms with E-state index in [4.69, 9.17) is 5.11 Å². The summed E-state index contributed by atoms with van der Waals surface area (Å²) in [4.78, 5) is 21.9. The van der Waals surface area contributed by atoms with Gasteiger partial charge < -0.3 is 5.11 Å². The molecule has 0 saturated heterocycles. The van der Waals surface area contributed by atoms with E-state index in [1.54, 1.807) is 30.3 Å². The van der Waals surface area contributed by atoms with Gasteiger partial charge in [-0.2, -0.15) is 26.3 Å². The van der Waals surface area contributed by atoms with Crippen molar-refractivity contribution in [3.05, 3.63) is 60.2 Å². The van der Waals surface area contributed by atoms with Crippen molar-refractivity contribution in [2.75, 3.05) is 0 Å². The molecule has 2 rings (SSSR count). The zero-order valence-electron chi connectivity index (χ0n) is 12.7. The van der Waals surface area contributed by atoms with Crippen molar-refractivity contribution in [3.8, 4) is 11.1 Å². The van der Waals surface area contributed by atoms with Crippen LogP contribution in [0.4, 0.5) is 26.3 Å². The Morgan fingerprint density at radius 2 is 1.15 bits per heavy atom. The third-order valence-corrected chi connectivity index (χ3v) is 3.60. The number of carboxylic acids is 1. The standard InChI is InChI=1S/C17H10F6O3/c18-15(19,17(22,23)16(20,21)14(25)26)13(24)12-8-6-11(7-9-12)10-4-2-1-3-5-10/h1-9H,(H,25,26). The minimum Gasteiger partial charge on any atom is -0.477 e. The average Bonchev–Trinajstić information content (AvgIpc) is 2.61. The highest BCUT2D eigenvalue weighted by atomic mass is 19.3. The number of carbonyl (C=O) groups is 2. The first-order valence-corrected chi connectivity index (χ1v) is 7.00. The highest BCUT2D eigenvalue weighted by molar-refractivity contribution is 6.03. The van der Waals surface area contributed by atoms with Crippen LogP contribution in [0.3, 0.4) is 0 Å². The van der Waals surface area contributed by atoms with Crippen LogP contribution in [0.25, 0.3) is 11.1 Å². The first-order chi connectivity index (χ1) is 11.9. The Morgan fingerprint density at radius 1 is 0.692 bits per heavy atom. The summed E-state index contributed by atoms with van der Waals surface area (Å²) < 4.78 is 80.3. The fraction of sp³-hybridized carbons (Fsp3) is 0.176. The zero-order valence-corrected chi connectivity index (χ0v) is 12.7. The lowest BCUT2D eigenvalue weighted by Gasteiger charge is -2.29. The van der Waals surface area contributed by atoms with E-state index in [9.17, 15) is 35.9 Å². The van der Waals surface area contributed by atoms with E-state index in [0.29, 0.717) is 11.1 Å². The molecule has 1 N–H and O–H groups in total. The van der Waals surface area contributed by atoms with Gasteiger partial charge in [-0.1, -0.05) is 54.6 Å². The maximum absolute atomic E-state index is 13.7. The molecule has 0 spiro atoms. The molecular weight excluding hydrogens is 366 g/mol. The summed E-state index contributed by atoms with van der Waals surface area (Å²) in [6, 6.07) is 12.3. The lowest BCUT2D eigenvalue weighted by atomic mass is 9.94. The van der Waals surface area contributed by atoms with Crippen LogP contribution in [0.2, 0.25) is 0 Å². The molecule has 0 aromatic heterocycles. The number of carbonyl (C=O) groups excluding carboxylic acids is 1. The maximum Gasteiger partial charge on any atom is 0.411 e. The van der Waals surface area contributed by atoms with E-state index < -0.39 is 35.1 Å². The monoisotopic (exact) mass is 376 g/mol. The molecule has 3 nitrogen and oxygen atoms in total. The van der Waals surface area contributed by atoms with Crippen LogP contribution in [-0.4, -0.2) is 34.6 Å². The summed E-state index contributed by atoms with van der Waals surface area (Å²) in [6.07, 6.45) is 0. The van der Waals surface area contributed by atoms with Crippen molar-refractivity contribution >= 4 is 11.8 Å². The van der Waals surface area contributed by atoms with Crippen molar-refractivity contribution < 1.29 is 41.0 Å². The maximum atomic E-state index is 13.7. The van der Waals surface area contributed by atoms with Gasteiger partial charge in [-0.05, 0) is 11.1 Å². The summed E-state index contributed by atoms with van der Waals surface area (Å²) in [5.41, 5.74) is 0.143. The predicted molar refractivity (Wildman–Crippen MR) is 78.7 cm³/mol. The topological polar surface area (TPSA) is 54.4 Å². The Kier molecular flexibility index (Phi) is 4.85. The Morgan fingerprint density at radius 3 is 1.62 bits per heavy atom. The van der Waals surface area contributed by atoms with E-state index in [2.05, 4.69) is 0 Å². The molecular formula is C17H10F6O3. The average molecular weight is 376 g/mol. The number of alkyl halides is 6. The van der Waals surface area contributed by atoms with E-state index >= 15 is 0 Å². The smallest absolute Gasteiger partial charge is 0.411 e. The third-order valence-electron chi connectivity index (χ3n) is 3.60. The summed E-state index contributed by atoms with van der Waals surface area (Å²) in [5.74, 6) is -24.5. The van der Waals surface area contributed by atoms with Gasteiger partial charge in [-0.25, -0.2) is 4.79 Å². The fourth-order valence-electron chi connectivity index (χ4n) is 2.10. The molecule has 0 aliphatic rings. The normalized spacial score (nSPS) is 12.7. The first-order valence-electron chi connectivity index (χ1n) is 7.00. The van der Waals surface area contributed by atoms with Crippen molar-refractivity contribution in [1.29, 1.82) is 0 Å². The van der Waals surface area contributed by atoms with Gasteiger partial charge in [-0.3, -0.25) is 4.79 Å². The molecule has 0 bridgehead atoms. The molecule has 0 fully saturated rings. The van der Waals surface area contributed by atoms with Crippen LogP contribution in [0.5, 0.6) is 0 Å². The molecule has 26 heavy (non-hydrogen) atoms. The second-order valence-corrected chi connectivity index (χ2v) is 5.30. The fourth-order valence-corrected chi connectivity index (χ4v) is 2.10.